The van der Waals surface area contributed by atoms with E-state index in [0.717, 1.165) is 21.1 Å². The quantitative estimate of drug-likeness (QED) is 0.573. The summed E-state index contributed by atoms with van der Waals surface area (Å²) >= 11 is 7.38. The van der Waals surface area contributed by atoms with E-state index in [1.165, 1.54) is 11.3 Å². The zero-order valence-corrected chi connectivity index (χ0v) is 13.4. The van der Waals surface area contributed by atoms with Crippen LogP contribution in [0.3, 0.4) is 0 Å². The number of anilines is 1. The van der Waals surface area contributed by atoms with E-state index in [1.54, 1.807) is 18.3 Å². The monoisotopic (exact) mass is 339 g/mol. The van der Waals surface area contributed by atoms with Gasteiger partial charge in [0.25, 0.3) is 5.91 Å². The van der Waals surface area contributed by atoms with Crippen LogP contribution >= 0.6 is 22.9 Å². The summed E-state index contributed by atoms with van der Waals surface area (Å²) in [5.74, 6) is -0.200. The van der Waals surface area contributed by atoms with Crippen LogP contribution < -0.4 is 5.32 Å². The Morgan fingerprint density at radius 3 is 2.87 bits per heavy atom. The lowest BCUT2D eigenvalue weighted by molar-refractivity contribution is 0.102. The number of pyridine rings is 1. The Labute approximate surface area is 140 Å². The maximum absolute atomic E-state index is 12.6. The number of carbonyl (C=O) groups is 1. The smallest absolute Gasteiger partial charge is 0.258 e. The number of hydrogen-bond acceptors (Lipinski definition) is 4. The molecule has 0 unspecified atom stereocenters. The predicted molar refractivity (Wildman–Crippen MR) is 94.3 cm³/mol. The zero-order valence-electron chi connectivity index (χ0n) is 11.8. The highest BCUT2D eigenvalue weighted by Crippen LogP contribution is 2.28. The Morgan fingerprint density at radius 1 is 1.09 bits per heavy atom. The molecule has 0 fully saturated rings. The molecule has 23 heavy (non-hydrogen) atoms. The minimum atomic E-state index is -0.200. The largest absolute Gasteiger partial charge is 0.298 e. The molecule has 0 saturated carbocycles. The van der Waals surface area contributed by atoms with Crippen molar-refractivity contribution in [3.8, 4) is 0 Å². The second-order valence-electron chi connectivity index (χ2n) is 4.96. The first-order chi connectivity index (χ1) is 11.2. The fourth-order valence-corrected chi connectivity index (χ4v) is 3.42. The van der Waals surface area contributed by atoms with E-state index < -0.39 is 0 Å². The van der Waals surface area contributed by atoms with Gasteiger partial charge >= 0.3 is 0 Å². The van der Waals surface area contributed by atoms with Crippen LogP contribution in [0.2, 0.25) is 5.02 Å². The van der Waals surface area contributed by atoms with Crippen LogP contribution in [0.15, 0.2) is 54.7 Å². The molecule has 0 aliphatic heterocycles. The van der Waals surface area contributed by atoms with Crippen molar-refractivity contribution >= 4 is 55.1 Å². The van der Waals surface area contributed by atoms with Gasteiger partial charge in [-0.3, -0.25) is 15.1 Å². The number of fused-ring (bicyclic) bond motifs is 2. The van der Waals surface area contributed by atoms with Crippen LogP contribution in [-0.2, 0) is 0 Å². The summed E-state index contributed by atoms with van der Waals surface area (Å²) in [7, 11) is 0. The van der Waals surface area contributed by atoms with Gasteiger partial charge < -0.3 is 0 Å². The Hall–Kier alpha value is -2.50. The number of para-hydroxylation sites is 1. The van der Waals surface area contributed by atoms with Crippen molar-refractivity contribution in [2.45, 2.75) is 0 Å². The number of hydrogen-bond donors (Lipinski definition) is 1. The minimum Gasteiger partial charge on any atom is -0.298 e. The Balaban J connectivity index is 1.70. The van der Waals surface area contributed by atoms with E-state index in [0.29, 0.717) is 15.7 Å². The van der Waals surface area contributed by atoms with Gasteiger partial charge in [0.15, 0.2) is 5.13 Å². The molecule has 112 valence electrons. The summed E-state index contributed by atoms with van der Waals surface area (Å²) in [5.41, 5.74) is 2.14. The molecule has 2 aromatic heterocycles. The third-order valence-corrected chi connectivity index (χ3v) is 4.65. The molecule has 0 spiro atoms. The topological polar surface area (TPSA) is 54.9 Å². The number of amides is 1. The van der Waals surface area contributed by atoms with Gasteiger partial charge in [0, 0.05) is 16.6 Å². The van der Waals surface area contributed by atoms with Gasteiger partial charge in [0.1, 0.15) is 0 Å². The first kappa shape index (κ1) is 14.1. The highest BCUT2D eigenvalue weighted by atomic mass is 35.5. The van der Waals surface area contributed by atoms with Crippen molar-refractivity contribution in [3.05, 3.63) is 65.3 Å². The van der Waals surface area contributed by atoms with Crippen LogP contribution in [0.1, 0.15) is 10.4 Å². The molecule has 0 aliphatic carbocycles. The molecule has 2 heterocycles. The number of nitrogens with zero attached hydrogens (tertiary/aromatic N) is 2. The maximum Gasteiger partial charge on any atom is 0.258 e. The number of halogens is 1. The first-order valence-electron chi connectivity index (χ1n) is 6.92. The van der Waals surface area contributed by atoms with E-state index in [2.05, 4.69) is 15.3 Å². The third kappa shape index (κ3) is 2.65. The molecule has 2 aromatic carbocycles. The molecule has 4 nitrogen and oxygen atoms in total. The standard InChI is InChI=1S/C17H10ClN3OS/c18-10-5-6-15-14(9-10)20-17(23-15)21-16(22)12-7-8-19-13-4-2-1-3-11(12)13/h1-9H,(H,20,21,22). The lowest BCUT2D eigenvalue weighted by Gasteiger charge is -2.05. The average molecular weight is 340 g/mol. The van der Waals surface area contributed by atoms with Gasteiger partial charge in [-0.15, -0.1) is 0 Å². The zero-order chi connectivity index (χ0) is 15.8. The number of nitrogens with one attached hydrogen (secondary N) is 1. The summed E-state index contributed by atoms with van der Waals surface area (Å²) in [6, 6.07) is 14.7. The van der Waals surface area contributed by atoms with Crippen molar-refractivity contribution < 1.29 is 4.79 Å². The lowest BCUT2D eigenvalue weighted by Crippen LogP contribution is -2.12. The molecule has 1 N–H and O–H groups in total. The predicted octanol–water partition coefficient (Wildman–Crippen LogP) is 4.75. The Morgan fingerprint density at radius 2 is 1.96 bits per heavy atom. The number of carbonyl (C=O) groups excluding carboxylic acids is 1. The number of benzene rings is 2. The van der Waals surface area contributed by atoms with Crippen molar-refractivity contribution in [1.82, 2.24) is 9.97 Å². The summed E-state index contributed by atoms with van der Waals surface area (Å²) in [5, 5.41) is 4.85. The molecule has 4 rings (SSSR count). The van der Waals surface area contributed by atoms with Gasteiger partial charge in [0.05, 0.1) is 21.3 Å². The second-order valence-corrected chi connectivity index (χ2v) is 6.43. The molecule has 6 heteroatoms. The van der Waals surface area contributed by atoms with Gasteiger partial charge in [-0.2, -0.15) is 0 Å². The molecule has 0 saturated heterocycles. The molecule has 0 aliphatic rings. The van der Waals surface area contributed by atoms with E-state index in [-0.39, 0.29) is 5.91 Å². The van der Waals surface area contributed by atoms with Crippen molar-refractivity contribution in [1.29, 1.82) is 0 Å². The van der Waals surface area contributed by atoms with Gasteiger partial charge in [-0.25, -0.2) is 4.98 Å². The third-order valence-electron chi connectivity index (χ3n) is 3.46. The molecule has 0 radical (unpaired) electrons. The maximum atomic E-state index is 12.6. The molecule has 1 amide bonds. The van der Waals surface area contributed by atoms with Crippen molar-refractivity contribution in [2.75, 3.05) is 5.32 Å². The summed E-state index contributed by atoms with van der Waals surface area (Å²) in [6.07, 6.45) is 1.63. The summed E-state index contributed by atoms with van der Waals surface area (Å²) < 4.78 is 0.976. The van der Waals surface area contributed by atoms with Crippen molar-refractivity contribution in [2.24, 2.45) is 0 Å². The van der Waals surface area contributed by atoms with Crippen LogP contribution in [0, 0.1) is 0 Å². The van der Waals surface area contributed by atoms with E-state index in [4.69, 9.17) is 11.6 Å². The van der Waals surface area contributed by atoms with Crippen LogP contribution in [0.25, 0.3) is 21.1 Å². The minimum absolute atomic E-state index is 0.200. The van der Waals surface area contributed by atoms with E-state index in [9.17, 15) is 4.79 Å². The second kappa shape index (κ2) is 5.61. The Kier molecular flexibility index (Phi) is 3.44. The fraction of sp³-hybridized carbons (Fsp3) is 0. The summed E-state index contributed by atoms with van der Waals surface area (Å²) in [4.78, 5) is 21.2. The molecular formula is C17H10ClN3OS. The Bertz CT molecular complexity index is 1040. The van der Waals surface area contributed by atoms with Crippen molar-refractivity contribution in [3.63, 3.8) is 0 Å². The highest BCUT2D eigenvalue weighted by Gasteiger charge is 2.13. The lowest BCUT2D eigenvalue weighted by atomic mass is 10.1. The normalized spacial score (nSPS) is 11.0. The number of rotatable bonds is 2. The van der Waals surface area contributed by atoms with Gasteiger partial charge in [-0.05, 0) is 30.3 Å². The number of thiazole rings is 1. The highest BCUT2D eigenvalue weighted by molar-refractivity contribution is 7.22. The molecule has 0 atom stereocenters. The summed E-state index contributed by atoms with van der Waals surface area (Å²) in [6.45, 7) is 0. The van der Waals surface area contributed by atoms with Gasteiger partial charge in [0.2, 0.25) is 0 Å². The van der Waals surface area contributed by atoms with Crippen LogP contribution in [0.4, 0.5) is 5.13 Å². The average Bonchev–Trinajstić information content (AvgIpc) is 2.95. The van der Waals surface area contributed by atoms with E-state index in [1.807, 2.05) is 36.4 Å². The van der Waals surface area contributed by atoms with Crippen LogP contribution in [-0.4, -0.2) is 15.9 Å². The molecule has 4 aromatic rings. The van der Waals surface area contributed by atoms with Gasteiger partial charge in [-0.1, -0.05) is 41.1 Å². The molecular weight excluding hydrogens is 330 g/mol. The van der Waals surface area contributed by atoms with E-state index >= 15 is 0 Å². The fourth-order valence-electron chi connectivity index (χ4n) is 2.41. The SMILES string of the molecule is O=C(Nc1nc2cc(Cl)ccc2s1)c1ccnc2ccccc12. The van der Waals surface area contributed by atoms with Crippen LogP contribution in [0.5, 0.6) is 0 Å². The first-order valence-corrected chi connectivity index (χ1v) is 8.11. The number of aromatic nitrogens is 2. The molecule has 0 bridgehead atoms.